The molecule has 0 radical (unpaired) electrons. The molecular weight excluding hydrogens is 272 g/mol. The molecule has 2 aliphatic rings. The normalized spacial score (nSPS) is 23.5. The molecule has 0 aromatic carbocycles. The second-order valence-electron chi connectivity index (χ2n) is 5.94. The molecule has 0 bridgehead atoms. The molecule has 1 unspecified atom stereocenters. The van der Waals surface area contributed by atoms with Crippen molar-refractivity contribution >= 4 is 23.2 Å². The molecule has 1 aliphatic carbocycles. The first-order valence-electron chi connectivity index (χ1n) is 7.93. The van der Waals surface area contributed by atoms with Gasteiger partial charge in [-0.2, -0.15) is 0 Å². The van der Waals surface area contributed by atoms with Crippen molar-refractivity contribution in [1.29, 1.82) is 0 Å². The second kappa shape index (κ2) is 8.57. The van der Waals surface area contributed by atoms with Crippen LogP contribution in [0.15, 0.2) is 0 Å². The van der Waals surface area contributed by atoms with Crippen molar-refractivity contribution in [2.45, 2.75) is 63.9 Å². The van der Waals surface area contributed by atoms with E-state index in [1.54, 1.807) is 0 Å². The Morgan fingerprint density at radius 3 is 2.65 bits per heavy atom. The fraction of sp³-hybridized carbons (Fsp3) is 0.867. The first kappa shape index (κ1) is 15.7. The Labute approximate surface area is 127 Å². The van der Waals surface area contributed by atoms with E-state index < -0.39 is 0 Å². The first-order valence-corrected chi connectivity index (χ1v) is 8.34. The minimum atomic E-state index is 0.0420. The topological polar surface area (TPSA) is 50.4 Å². The third-order valence-corrected chi connectivity index (χ3v) is 4.52. The largest absolute Gasteiger partial charge is 0.376 e. The van der Waals surface area contributed by atoms with Crippen LogP contribution >= 0.6 is 12.2 Å². The monoisotopic (exact) mass is 298 g/mol. The van der Waals surface area contributed by atoms with Crippen molar-refractivity contribution in [3.63, 3.8) is 0 Å². The summed E-state index contributed by atoms with van der Waals surface area (Å²) in [6.07, 6.45) is 10.6. The Morgan fingerprint density at radius 1 is 1.15 bits per heavy atom. The zero-order chi connectivity index (χ0) is 14.2. The van der Waals surface area contributed by atoms with Crippen LogP contribution in [-0.2, 0) is 9.53 Å². The van der Waals surface area contributed by atoms with E-state index in [9.17, 15) is 4.79 Å². The van der Waals surface area contributed by atoms with Gasteiger partial charge in [-0.25, -0.2) is 0 Å². The molecule has 114 valence electrons. The van der Waals surface area contributed by atoms with E-state index in [0.717, 1.165) is 31.8 Å². The van der Waals surface area contributed by atoms with Crippen molar-refractivity contribution < 1.29 is 9.53 Å². The molecule has 1 saturated carbocycles. The molecule has 1 atom stereocenters. The zero-order valence-corrected chi connectivity index (χ0v) is 13.0. The zero-order valence-electron chi connectivity index (χ0n) is 12.2. The van der Waals surface area contributed by atoms with Crippen molar-refractivity contribution in [1.82, 2.24) is 10.6 Å². The SMILES string of the molecule is O=C(CCC1CCCCC1)NC(=S)NCC1CCCO1. The third-order valence-electron chi connectivity index (χ3n) is 4.27. The molecule has 1 heterocycles. The smallest absolute Gasteiger partial charge is 0.226 e. The number of thiocarbonyl (C=S) groups is 1. The molecule has 2 N–H and O–H groups in total. The van der Waals surface area contributed by atoms with Gasteiger partial charge < -0.3 is 15.4 Å². The number of carbonyl (C=O) groups is 1. The quantitative estimate of drug-likeness (QED) is 0.766. The van der Waals surface area contributed by atoms with Crippen molar-refractivity contribution in [2.75, 3.05) is 13.2 Å². The minimum Gasteiger partial charge on any atom is -0.376 e. The number of nitrogens with one attached hydrogen (secondary N) is 2. The molecule has 4 nitrogen and oxygen atoms in total. The second-order valence-corrected chi connectivity index (χ2v) is 6.34. The van der Waals surface area contributed by atoms with Crippen LogP contribution in [0, 0.1) is 5.92 Å². The summed E-state index contributed by atoms with van der Waals surface area (Å²) in [6.45, 7) is 1.54. The maximum atomic E-state index is 11.8. The van der Waals surface area contributed by atoms with Crippen LogP contribution in [0.5, 0.6) is 0 Å². The Morgan fingerprint density at radius 2 is 1.95 bits per heavy atom. The summed E-state index contributed by atoms with van der Waals surface area (Å²) >= 11 is 5.14. The van der Waals surface area contributed by atoms with E-state index >= 15 is 0 Å². The van der Waals surface area contributed by atoms with E-state index in [1.165, 1.54) is 32.1 Å². The molecule has 0 aromatic rings. The summed E-state index contributed by atoms with van der Waals surface area (Å²) in [5.41, 5.74) is 0. The highest BCUT2D eigenvalue weighted by atomic mass is 32.1. The van der Waals surface area contributed by atoms with Gasteiger partial charge in [0.25, 0.3) is 0 Å². The third kappa shape index (κ3) is 5.75. The highest BCUT2D eigenvalue weighted by Crippen LogP contribution is 2.27. The summed E-state index contributed by atoms with van der Waals surface area (Å²) in [5, 5.41) is 6.28. The number of hydrogen-bond donors (Lipinski definition) is 2. The van der Waals surface area contributed by atoms with Gasteiger partial charge in [0.1, 0.15) is 0 Å². The van der Waals surface area contributed by atoms with Gasteiger partial charge in [-0.05, 0) is 37.4 Å². The van der Waals surface area contributed by atoms with E-state index in [2.05, 4.69) is 10.6 Å². The molecule has 2 fully saturated rings. The lowest BCUT2D eigenvalue weighted by molar-refractivity contribution is -0.120. The average molecular weight is 298 g/mol. The molecule has 1 amide bonds. The first-order chi connectivity index (χ1) is 9.74. The minimum absolute atomic E-state index is 0.0420. The Kier molecular flexibility index (Phi) is 6.73. The van der Waals surface area contributed by atoms with Crippen LogP contribution in [0.25, 0.3) is 0 Å². The molecular formula is C15H26N2O2S. The van der Waals surface area contributed by atoms with Crippen LogP contribution in [-0.4, -0.2) is 30.3 Å². The molecule has 20 heavy (non-hydrogen) atoms. The summed E-state index contributed by atoms with van der Waals surface area (Å²) < 4.78 is 5.50. The molecule has 0 spiro atoms. The van der Waals surface area contributed by atoms with E-state index in [-0.39, 0.29) is 12.0 Å². The van der Waals surface area contributed by atoms with Gasteiger partial charge in [0.05, 0.1) is 6.10 Å². The van der Waals surface area contributed by atoms with Gasteiger partial charge in [0, 0.05) is 19.6 Å². The van der Waals surface area contributed by atoms with Crippen LogP contribution in [0.2, 0.25) is 0 Å². The molecule has 1 saturated heterocycles. The lowest BCUT2D eigenvalue weighted by Gasteiger charge is -2.21. The van der Waals surface area contributed by atoms with Gasteiger partial charge in [-0.15, -0.1) is 0 Å². The van der Waals surface area contributed by atoms with Crippen LogP contribution < -0.4 is 10.6 Å². The molecule has 5 heteroatoms. The fourth-order valence-corrected chi connectivity index (χ4v) is 3.25. The summed E-state index contributed by atoms with van der Waals surface area (Å²) in [7, 11) is 0. The van der Waals surface area contributed by atoms with Crippen LogP contribution in [0.1, 0.15) is 57.8 Å². The van der Waals surface area contributed by atoms with Gasteiger partial charge in [-0.1, -0.05) is 32.1 Å². The Bertz CT molecular complexity index is 324. The predicted molar refractivity (Wildman–Crippen MR) is 83.5 cm³/mol. The lowest BCUT2D eigenvalue weighted by Crippen LogP contribution is -2.42. The van der Waals surface area contributed by atoms with Crippen molar-refractivity contribution in [3.8, 4) is 0 Å². The van der Waals surface area contributed by atoms with Gasteiger partial charge in [-0.3, -0.25) is 4.79 Å². The summed E-state index contributed by atoms with van der Waals surface area (Å²) in [6, 6.07) is 0. The Hall–Kier alpha value is -0.680. The van der Waals surface area contributed by atoms with Crippen molar-refractivity contribution in [3.05, 3.63) is 0 Å². The maximum Gasteiger partial charge on any atom is 0.226 e. The number of rotatable bonds is 5. The van der Waals surface area contributed by atoms with E-state index in [4.69, 9.17) is 17.0 Å². The predicted octanol–water partition coefficient (Wildman–Crippen LogP) is 2.52. The molecule has 1 aliphatic heterocycles. The average Bonchev–Trinajstić information content (AvgIpc) is 2.97. The molecule has 0 aromatic heterocycles. The Balaban J connectivity index is 1.54. The fourth-order valence-electron chi connectivity index (χ4n) is 3.06. The highest BCUT2D eigenvalue weighted by molar-refractivity contribution is 7.80. The number of carbonyl (C=O) groups excluding carboxylic acids is 1. The van der Waals surface area contributed by atoms with Gasteiger partial charge >= 0.3 is 0 Å². The van der Waals surface area contributed by atoms with E-state index in [1.807, 2.05) is 0 Å². The van der Waals surface area contributed by atoms with E-state index in [0.29, 0.717) is 18.1 Å². The van der Waals surface area contributed by atoms with Gasteiger partial charge in [0.2, 0.25) is 5.91 Å². The standard InChI is InChI=1S/C15H26N2O2S/c18-14(9-8-12-5-2-1-3-6-12)17-15(20)16-11-13-7-4-10-19-13/h12-13H,1-11H2,(H2,16,17,18,20). The maximum absolute atomic E-state index is 11.8. The van der Waals surface area contributed by atoms with Crippen LogP contribution in [0.3, 0.4) is 0 Å². The number of ether oxygens (including phenoxy) is 1. The number of amides is 1. The summed E-state index contributed by atoms with van der Waals surface area (Å²) in [4.78, 5) is 11.8. The summed E-state index contributed by atoms with van der Waals surface area (Å²) in [5.74, 6) is 0.781. The highest BCUT2D eigenvalue weighted by Gasteiger charge is 2.17. The van der Waals surface area contributed by atoms with Crippen molar-refractivity contribution in [2.24, 2.45) is 5.92 Å². The lowest BCUT2D eigenvalue weighted by atomic mass is 9.86. The van der Waals surface area contributed by atoms with Crippen LogP contribution in [0.4, 0.5) is 0 Å². The van der Waals surface area contributed by atoms with Gasteiger partial charge in [0.15, 0.2) is 5.11 Å². The molecule has 2 rings (SSSR count). The number of hydrogen-bond acceptors (Lipinski definition) is 3.